The van der Waals surface area contributed by atoms with Gasteiger partial charge in [0.05, 0.1) is 12.1 Å². The summed E-state index contributed by atoms with van der Waals surface area (Å²) in [5.74, 6) is 3.04. The van der Waals surface area contributed by atoms with Crippen LogP contribution in [-0.2, 0) is 5.75 Å². The zero-order valence-electron chi connectivity index (χ0n) is 7.66. The average Bonchev–Trinajstić information content (AvgIpc) is 2.63. The number of nitrogens with one attached hydrogen (secondary N) is 2. The fourth-order valence-electron chi connectivity index (χ4n) is 0.833. The van der Waals surface area contributed by atoms with Gasteiger partial charge in [-0.15, -0.1) is 0 Å². The van der Waals surface area contributed by atoms with Crippen LogP contribution in [0.5, 0.6) is 0 Å². The molecule has 4 nitrogen and oxygen atoms in total. The summed E-state index contributed by atoms with van der Waals surface area (Å²) in [6.07, 6.45) is 5.34. The first kappa shape index (κ1) is 10.1. The topological polar surface area (TPSA) is 53.1 Å². The first-order chi connectivity index (χ1) is 6.43. The molecule has 72 valence electrons. The average molecular weight is 198 g/mol. The van der Waals surface area contributed by atoms with Crippen molar-refractivity contribution in [3.63, 3.8) is 0 Å². The van der Waals surface area contributed by atoms with Gasteiger partial charge in [-0.3, -0.25) is 4.99 Å². The lowest BCUT2D eigenvalue weighted by Gasteiger charge is -1.98. The highest BCUT2D eigenvalue weighted by Crippen LogP contribution is 2.05. The molecule has 0 spiro atoms. The van der Waals surface area contributed by atoms with Gasteiger partial charge >= 0.3 is 0 Å². The molecule has 0 radical (unpaired) electrons. The molecular formula is C8H14N4S. The van der Waals surface area contributed by atoms with E-state index in [-0.39, 0.29) is 0 Å². The van der Waals surface area contributed by atoms with Crippen LogP contribution in [-0.4, -0.2) is 35.7 Å². The molecule has 13 heavy (non-hydrogen) atoms. The van der Waals surface area contributed by atoms with Gasteiger partial charge in [0.1, 0.15) is 5.82 Å². The van der Waals surface area contributed by atoms with Crippen LogP contribution in [0.4, 0.5) is 0 Å². The summed E-state index contributed by atoms with van der Waals surface area (Å²) in [7, 11) is 1.75. The van der Waals surface area contributed by atoms with Crippen LogP contribution in [0, 0.1) is 0 Å². The Balaban J connectivity index is 1.96. The van der Waals surface area contributed by atoms with Gasteiger partial charge in [-0.2, -0.15) is 11.8 Å². The van der Waals surface area contributed by atoms with Crippen LogP contribution in [0.25, 0.3) is 0 Å². The first-order valence-electron chi connectivity index (χ1n) is 4.13. The zero-order valence-corrected chi connectivity index (χ0v) is 8.47. The van der Waals surface area contributed by atoms with Crippen molar-refractivity contribution < 1.29 is 0 Å². The van der Waals surface area contributed by atoms with E-state index in [0.29, 0.717) is 0 Å². The van der Waals surface area contributed by atoms with Crippen LogP contribution in [0.1, 0.15) is 5.82 Å². The molecule has 5 heteroatoms. The van der Waals surface area contributed by atoms with Crippen molar-refractivity contribution in [1.82, 2.24) is 15.3 Å². The molecule has 1 aromatic heterocycles. The summed E-state index contributed by atoms with van der Waals surface area (Å²) < 4.78 is 0. The van der Waals surface area contributed by atoms with Crippen molar-refractivity contribution in [3.05, 3.63) is 18.2 Å². The lowest BCUT2D eigenvalue weighted by atomic mass is 10.7. The van der Waals surface area contributed by atoms with Gasteiger partial charge < -0.3 is 10.3 Å². The van der Waals surface area contributed by atoms with Crippen molar-refractivity contribution in [2.75, 3.05) is 19.3 Å². The number of thioether (sulfide) groups is 1. The molecule has 1 heterocycles. The predicted molar refractivity (Wildman–Crippen MR) is 57.2 cm³/mol. The van der Waals surface area contributed by atoms with Crippen LogP contribution < -0.4 is 5.32 Å². The van der Waals surface area contributed by atoms with Crippen molar-refractivity contribution >= 4 is 18.1 Å². The number of H-pyrrole nitrogens is 1. The Morgan fingerprint density at radius 1 is 1.77 bits per heavy atom. The molecule has 1 aromatic rings. The summed E-state index contributed by atoms with van der Waals surface area (Å²) in [5.41, 5.74) is 0. The first-order valence-corrected chi connectivity index (χ1v) is 5.29. The predicted octanol–water partition coefficient (Wildman–Crippen LogP) is 0.891. The number of hydrogen-bond acceptors (Lipinski definition) is 3. The Labute approximate surface area is 82.3 Å². The molecule has 0 bridgehead atoms. The Kier molecular flexibility index (Phi) is 5.08. The number of hydrogen-bond donors (Lipinski definition) is 2. The molecule has 0 atom stereocenters. The number of rotatable bonds is 6. The van der Waals surface area contributed by atoms with E-state index in [1.165, 1.54) is 0 Å². The highest BCUT2D eigenvalue weighted by atomic mass is 32.2. The molecule has 0 aliphatic carbocycles. The van der Waals surface area contributed by atoms with E-state index in [4.69, 9.17) is 0 Å². The summed E-state index contributed by atoms with van der Waals surface area (Å²) in [6.45, 7) is 0.947. The van der Waals surface area contributed by atoms with Crippen LogP contribution in [0.15, 0.2) is 17.4 Å². The largest absolute Gasteiger partial charge is 0.376 e. The minimum absolute atomic E-state index is 0.942. The highest BCUT2D eigenvalue weighted by molar-refractivity contribution is 7.98. The number of imidazole rings is 1. The summed E-state index contributed by atoms with van der Waals surface area (Å²) in [5, 5.41) is 3.07. The SMILES string of the molecule is CN=CNCCSCc1ncc[nH]1. The Morgan fingerprint density at radius 3 is 3.38 bits per heavy atom. The van der Waals surface area contributed by atoms with Gasteiger partial charge in [0, 0.05) is 31.7 Å². The van der Waals surface area contributed by atoms with Crippen molar-refractivity contribution in [2.24, 2.45) is 4.99 Å². The molecule has 1 rings (SSSR count). The minimum Gasteiger partial charge on any atom is -0.376 e. The molecule has 0 aliphatic rings. The fraction of sp³-hybridized carbons (Fsp3) is 0.500. The standard InChI is InChI=1S/C8H14N4S/c1-9-7-10-4-5-13-6-8-11-2-3-12-8/h2-3,7H,4-6H2,1H3,(H,9,10)(H,11,12). The number of aromatic nitrogens is 2. The van der Waals surface area contributed by atoms with Crippen molar-refractivity contribution in [3.8, 4) is 0 Å². The second kappa shape index (κ2) is 6.54. The molecule has 0 saturated heterocycles. The highest BCUT2D eigenvalue weighted by Gasteiger charge is 1.93. The molecule has 0 aliphatic heterocycles. The van der Waals surface area contributed by atoms with Gasteiger partial charge in [0.2, 0.25) is 0 Å². The van der Waals surface area contributed by atoms with E-state index >= 15 is 0 Å². The fourth-order valence-corrected chi connectivity index (χ4v) is 1.59. The van der Waals surface area contributed by atoms with Crippen molar-refractivity contribution in [1.29, 1.82) is 0 Å². The third-order valence-corrected chi connectivity index (χ3v) is 2.38. The smallest absolute Gasteiger partial charge is 0.116 e. The molecular weight excluding hydrogens is 184 g/mol. The van der Waals surface area contributed by atoms with Gasteiger partial charge in [-0.05, 0) is 0 Å². The maximum atomic E-state index is 4.13. The minimum atomic E-state index is 0.942. The second-order valence-corrected chi connectivity index (χ2v) is 3.54. The number of nitrogens with zero attached hydrogens (tertiary/aromatic N) is 2. The monoisotopic (exact) mass is 198 g/mol. The van der Waals surface area contributed by atoms with E-state index in [1.807, 2.05) is 18.0 Å². The van der Waals surface area contributed by atoms with E-state index in [9.17, 15) is 0 Å². The Morgan fingerprint density at radius 2 is 2.69 bits per heavy atom. The normalized spacial score (nSPS) is 10.8. The van der Waals surface area contributed by atoms with Crippen LogP contribution in [0.3, 0.4) is 0 Å². The maximum Gasteiger partial charge on any atom is 0.116 e. The number of aliphatic imine (C=N–C) groups is 1. The molecule has 0 fully saturated rings. The quantitative estimate of drug-likeness (QED) is 0.405. The van der Waals surface area contributed by atoms with E-state index < -0.39 is 0 Å². The molecule has 0 amide bonds. The molecule has 0 aromatic carbocycles. The van der Waals surface area contributed by atoms with Gasteiger partial charge in [0.15, 0.2) is 0 Å². The Bertz CT molecular complexity index is 232. The van der Waals surface area contributed by atoms with Crippen LogP contribution in [0.2, 0.25) is 0 Å². The molecule has 0 unspecified atom stereocenters. The summed E-state index contributed by atoms with van der Waals surface area (Å²) in [6, 6.07) is 0. The number of aromatic amines is 1. The summed E-state index contributed by atoms with van der Waals surface area (Å²) in [4.78, 5) is 11.0. The zero-order chi connectivity index (χ0) is 9.36. The Hall–Kier alpha value is -0.970. The van der Waals surface area contributed by atoms with Gasteiger partial charge in [-0.25, -0.2) is 4.98 Å². The lowest BCUT2D eigenvalue weighted by molar-refractivity contribution is 0.992. The maximum absolute atomic E-state index is 4.13. The third-order valence-electron chi connectivity index (χ3n) is 1.40. The van der Waals surface area contributed by atoms with Gasteiger partial charge in [0.25, 0.3) is 0 Å². The van der Waals surface area contributed by atoms with Crippen LogP contribution >= 0.6 is 11.8 Å². The van der Waals surface area contributed by atoms with Crippen molar-refractivity contribution in [2.45, 2.75) is 5.75 Å². The third kappa shape index (κ3) is 4.57. The molecule has 0 saturated carbocycles. The summed E-state index contributed by atoms with van der Waals surface area (Å²) >= 11 is 1.84. The van der Waals surface area contributed by atoms with Gasteiger partial charge in [-0.1, -0.05) is 0 Å². The van der Waals surface area contributed by atoms with E-state index in [1.54, 1.807) is 19.6 Å². The lowest BCUT2D eigenvalue weighted by Crippen LogP contribution is -2.14. The molecule has 2 N–H and O–H groups in total. The van der Waals surface area contributed by atoms with E-state index in [0.717, 1.165) is 23.9 Å². The second-order valence-electron chi connectivity index (χ2n) is 2.43. The van der Waals surface area contributed by atoms with E-state index in [2.05, 4.69) is 20.3 Å².